The highest BCUT2D eigenvalue weighted by Crippen LogP contribution is 2.15. The minimum absolute atomic E-state index is 0.0645. The molecular formula is C14H18BrN3O3. The van der Waals surface area contributed by atoms with Gasteiger partial charge in [0.2, 0.25) is 0 Å². The van der Waals surface area contributed by atoms with Gasteiger partial charge in [0.25, 0.3) is 5.91 Å². The number of rotatable bonds is 3. The van der Waals surface area contributed by atoms with Gasteiger partial charge < -0.3 is 15.0 Å². The number of piperidine rings is 1. The lowest BCUT2D eigenvalue weighted by Gasteiger charge is -2.32. The van der Waals surface area contributed by atoms with E-state index in [1.165, 1.54) is 0 Å². The number of ether oxygens (including phenoxy) is 1. The zero-order valence-corrected chi connectivity index (χ0v) is 13.4. The summed E-state index contributed by atoms with van der Waals surface area (Å²) < 4.78 is 5.56. The van der Waals surface area contributed by atoms with Crippen molar-refractivity contribution in [2.75, 3.05) is 19.7 Å². The van der Waals surface area contributed by atoms with E-state index in [2.05, 4.69) is 26.2 Å². The second-order valence-electron chi connectivity index (χ2n) is 4.82. The van der Waals surface area contributed by atoms with Crippen molar-refractivity contribution in [1.82, 2.24) is 15.2 Å². The third-order valence-electron chi connectivity index (χ3n) is 3.28. The fourth-order valence-electron chi connectivity index (χ4n) is 2.30. The molecule has 6 nitrogen and oxygen atoms in total. The fraction of sp³-hybridized carbons (Fsp3) is 0.500. The molecule has 0 aliphatic carbocycles. The van der Waals surface area contributed by atoms with Gasteiger partial charge in [0.1, 0.15) is 4.60 Å². The lowest BCUT2D eigenvalue weighted by Crippen LogP contribution is -2.49. The van der Waals surface area contributed by atoms with Crippen LogP contribution < -0.4 is 5.32 Å². The minimum Gasteiger partial charge on any atom is -0.450 e. The summed E-state index contributed by atoms with van der Waals surface area (Å²) in [5, 5.41) is 2.79. The number of nitrogens with zero attached hydrogens (tertiary/aromatic N) is 2. The minimum atomic E-state index is -0.429. The number of amides is 2. The van der Waals surface area contributed by atoms with Crippen LogP contribution in [0.3, 0.4) is 0 Å². The zero-order chi connectivity index (χ0) is 15.2. The largest absolute Gasteiger partial charge is 0.450 e. The first-order chi connectivity index (χ1) is 10.1. The second-order valence-corrected chi connectivity index (χ2v) is 5.64. The predicted molar refractivity (Wildman–Crippen MR) is 81.0 cm³/mol. The number of alkyl carbamates (subject to hydrolysis) is 1. The lowest BCUT2D eigenvalue weighted by molar-refractivity contribution is 0.0685. The molecular weight excluding hydrogens is 338 g/mol. The molecule has 0 saturated carbocycles. The molecule has 0 aromatic carbocycles. The van der Waals surface area contributed by atoms with Crippen LogP contribution in [0, 0.1) is 0 Å². The third-order valence-corrected chi connectivity index (χ3v) is 3.75. The van der Waals surface area contributed by atoms with E-state index in [1.54, 1.807) is 30.2 Å². The van der Waals surface area contributed by atoms with Crippen molar-refractivity contribution in [3.63, 3.8) is 0 Å². The maximum absolute atomic E-state index is 12.4. The highest BCUT2D eigenvalue weighted by atomic mass is 79.9. The number of hydrogen-bond acceptors (Lipinski definition) is 4. The summed E-state index contributed by atoms with van der Waals surface area (Å²) in [6, 6.07) is 3.41. The van der Waals surface area contributed by atoms with Gasteiger partial charge in [-0.05, 0) is 47.8 Å². The number of aromatic nitrogens is 1. The lowest BCUT2D eigenvalue weighted by atomic mass is 10.0. The number of hydrogen-bond donors (Lipinski definition) is 1. The van der Waals surface area contributed by atoms with Crippen LogP contribution in [0.1, 0.15) is 30.1 Å². The summed E-state index contributed by atoms with van der Waals surface area (Å²) in [6.45, 7) is 3.28. The van der Waals surface area contributed by atoms with E-state index in [4.69, 9.17) is 4.74 Å². The molecule has 2 amide bonds. The average Bonchev–Trinajstić information content (AvgIpc) is 2.48. The van der Waals surface area contributed by atoms with E-state index in [9.17, 15) is 9.59 Å². The summed E-state index contributed by atoms with van der Waals surface area (Å²) in [7, 11) is 0. The highest BCUT2D eigenvalue weighted by molar-refractivity contribution is 9.10. The van der Waals surface area contributed by atoms with Crippen LogP contribution in [0.25, 0.3) is 0 Å². The Morgan fingerprint density at radius 3 is 3.00 bits per heavy atom. The summed E-state index contributed by atoms with van der Waals surface area (Å²) in [5.74, 6) is -0.0645. The molecule has 1 atom stereocenters. The van der Waals surface area contributed by atoms with Gasteiger partial charge in [-0.2, -0.15) is 0 Å². The van der Waals surface area contributed by atoms with E-state index < -0.39 is 6.09 Å². The predicted octanol–water partition coefficient (Wildman–Crippen LogP) is 2.19. The van der Waals surface area contributed by atoms with Crippen LogP contribution in [0.15, 0.2) is 22.9 Å². The van der Waals surface area contributed by atoms with Crippen LogP contribution >= 0.6 is 15.9 Å². The second kappa shape index (κ2) is 7.40. The van der Waals surface area contributed by atoms with Crippen molar-refractivity contribution in [2.24, 2.45) is 0 Å². The maximum Gasteiger partial charge on any atom is 0.407 e. The molecule has 0 bridgehead atoms. The molecule has 7 heteroatoms. The molecule has 1 N–H and O–H groups in total. The van der Waals surface area contributed by atoms with Crippen LogP contribution in [0.2, 0.25) is 0 Å². The number of pyridine rings is 1. The number of halogens is 1. The monoisotopic (exact) mass is 355 g/mol. The summed E-state index contributed by atoms with van der Waals surface area (Å²) in [4.78, 5) is 29.6. The Bertz CT molecular complexity index is 507. The molecule has 1 aromatic heterocycles. The molecule has 0 spiro atoms. The number of likely N-dealkylation sites (tertiary alicyclic amines) is 1. The topological polar surface area (TPSA) is 71.5 Å². The van der Waals surface area contributed by atoms with Crippen LogP contribution in [0.5, 0.6) is 0 Å². The molecule has 2 rings (SSSR count). The molecule has 21 heavy (non-hydrogen) atoms. The Labute approximate surface area is 132 Å². The van der Waals surface area contributed by atoms with Gasteiger partial charge in [0.15, 0.2) is 0 Å². The highest BCUT2D eigenvalue weighted by Gasteiger charge is 2.25. The fourth-order valence-corrected chi connectivity index (χ4v) is 2.54. The number of carbonyl (C=O) groups excluding carboxylic acids is 2. The van der Waals surface area contributed by atoms with Gasteiger partial charge in [-0.1, -0.05) is 0 Å². The Hall–Kier alpha value is -1.63. The van der Waals surface area contributed by atoms with E-state index in [1.807, 2.05) is 0 Å². The molecule has 1 fully saturated rings. The normalized spacial score (nSPS) is 18.2. The van der Waals surface area contributed by atoms with Gasteiger partial charge in [0, 0.05) is 25.3 Å². The standard InChI is InChI=1S/C14H18BrN3O3/c1-2-21-14(20)17-11-4-3-7-18(9-11)13(19)10-5-6-12(15)16-8-10/h5-6,8,11H,2-4,7,9H2,1H3,(H,17,20). The van der Waals surface area contributed by atoms with Crippen LogP contribution in [-0.4, -0.2) is 47.6 Å². The van der Waals surface area contributed by atoms with Crippen molar-refractivity contribution in [3.05, 3.63) is 28.5 Å². The first kappa shape index (κ1) is 15.8. The Morgan fingerprint density at radius 1 is 1.52 bits per heavy atom. The van der Waals surface area contributed by atoms with Gasteiger partial charge >= 0.3 is 6.09 Å². The number of nitrogens with one attached hydrogen (secondary N) is 1. The SMILES string of the molecule is CCOC(=O)NC1CCCN(C(=O)c2ccc(Br)nc2)C1. The Balaban J connectivity index is 1.95. The summed E-state index contributed by atoms with van der Waals surface area (Å²) in [5.41, 5.74) is 0.551. The summed E-state index contributed by atoms with van der Waals surface area (Å²) in [6.07, 6.45) is 2.82. The van der Waals surface area contributed by atoms with Crippen molar-refractivity contribution in [1.29, 1.82) is 0 Å². The molecule has 1 aliphatic rings. The zero-order valence-electron chi connectivity index (χ0n) is 11.8. The van der Waals surface area contributed by atoms with Gasteiger partial charge in [-0.15, -0.1) is 0 Å². The van der Waals surface area contributed by atoms with E-state index in [0.717, 1.165) is 12.8 Å². The third kappa shape index (κ3) is 4.42. The van der Waals surface area contributed by atoms with Crippen molar-refractivity contribution >= 4 is 27.9 Å². The van der Waals surface area contributed by atoms with Gasteiger partial charge in [0.05, 0.1) is 12.2 Å². The summed E-state index contributed by atoms with van der Waals surface area (Å²) >= 11 is 3.24. The molecule has 114 valence electrons. The molecule has 1 unspecified atom stereocenters. The number of carbonyl (C=O) groups is 2. The quantitative estimate of drug-likeness (QED) is 0.843. The smallest absolute Gasteiger partial charge is 0.407 e. The van der Waals surface area contributed by atoms with E-state index >= 15 is 0 Å². The van der Waals surface area contributed by atoms with Crippen LogP contribution in [-0.2, 0) is 4.74 Å². The molecule has 1 aromatic rings. The molecule has 0 radical (unpaired) electrons. The van der Waals surface area contributed by atoms with E-state index in [-0.39, 0.29) is 11.9 Å². The van der Waals surface area contributed by atoms with Crippen molar-refractivity contribution in [2.45, 2.75) is 25.8 Å². The van der Waals surface area contributed by atoms with Crippen molar-refractivity contribution < 1.29 is 14.3 Å². The average molecular weight is 356 g/mol. The van der Waals surface area contributed by atoms with Crippen molar-refractivity contribution in [3.8, 4) is 0 Å². The van der Waals surface area contributed by atoms with E-state index in [0.29, 0.717) is 29.9 Å². The Kier molecular flexibility index (Phi) is 5.55. The first-order valence-electron chi connectivity index (χ1n) is 6.94. The van der Waals surface area contributed by atoms with Gasteiger partial charge in [-0.25, -0.2) is 9.78 Å². The van der Waals surface area contributed by atoms with Crippen LogP contribution in [0.4, 0.5) is 4.79 Å². The molecule has 2 heterocycles. The maximum atomic E-state index is 12.4. The molecule has 1 aliphatic heterocycles. The Morgan fingerprint density at radius 2 is 2.33 bits per heavy atom. The first-order valence-corrected chi connectivity index (χ1v) is 7.73. The van der Waals surface area contributed by atoms with Gasteiger partial charge in [-0.3, -0.25) is 4.79 Å². The molecule has 1 saturated heterocycles.